The molecule has 4 nitrogen and oxygen atoms in total. The molecule has 3 heterocycles. The molecule has 1 N–H and O–H groups in total. The fourth-order valence-corrected chi connectivity index (χ4v) is 4.02. The lowest BCUT2D eigenvalue weighted by Gasteiger charge is -2.35. The van der Waals surface area contributed by atoms with Crippen LogP contribution < -0.4 is 10.2 Å². The summed E-state index contributed by atoms with van der Waals surface area (Å²) in [5, 5.41) is 3.44. The van der Waals surface area contributed by atoms with E-state index in [0.717, 1.165) is 44.9 Å². The molecule has 0 spiro atoms. The first-order chi connectivity index (χ1) is 11.4. The van der Waals surface area contributed by atoms with Gasteiger partial charge in [0.2, 0.25) is 6.29 Å². The van der Waals surface area contributed by atoms with Crippen molar-refractivity contribution < 1.29 is 9.47 Å². The highest BCUT2D eigenvalue weighted by molar-refractivity contribution is 5.48. The van der Waals surface area contributed by atoms with Crippen molar-refractivity contribution in [3.63, 3.8) is 0 Å². The second-order valence-electron chi connectivity index (χ2n) is 6.85. The van der Waals surface area contributed by atoms with Crippen LogP contribution in [0.15, 0.2) is 36.8 Å². The Balaban J connectivity index is 1.33. The maximum Gasteiger partial charge on any atom is 0.242 e. The fourth-order valence-electron chi connectivity index (χ4n) is 4.02. The number of hydrogen-bond donors (Lipinski definition) is 1. The first-order valence-electron chi connectivity index (χ1n) is 8.92. The number of nitrogens with zero attached hydrogens (tertiary/aromatic N) is 1. The third kappa shape index (κ3) is 3.32. The van der Waals surface area contributed by atoms with Gasteiger partial charge in [0, 0.05) is 24.7 Å². The minimum Gasteiger partial charge on any atom is -0.459 e. The summed E-state index contributed by atoms with van der Waals surface area (Å²) in [5.74, 6) is 1.25. The summed E-state index contributed by atoms with van der Waals surface area (Å²) in [5.41, 5.74) is 2.86. The summed E-state index contributed by atoms with van der Waals surface area (Å²) in [4.78, 5) is 2.49. The van der Waals surface area contributed by atoms with Gasteiger partial charge in [-0.25, -0.2) is 0 Å². The highest BCUT2D eigenvalue weighted by Gasteiger charge is 2.30. The molecule has 124 valence electrons. The smallest absolute Gasteiger partial charge is 0.242 e. The van der Waals surface area contributed by atoms with Gasteiger partial charge in [0.1, 0.15) is 12.5 Å². The van der Waals surface area contributed by atoms with Crippen LogP contribution >= 0.6 is 0 Å². The van der Waals surface area contributed by atoms with E-state index in [1.54, 1.807) is 12.5 Å². The summed E-state index contributed by atoms with van der Waals surface area (Å²) in [6.07, 6.45) is 8.05. The Kier molecular flexibility index (Phi) is 4.42. The Morgan fingerprint density at radius 1 is 0.870 bits per heavy atom. The molecule has 1 aromatic rings. The van der Waals surface area contributed by atoms with Crippen molar-refractivity contribution >= 4 is 5.69 Å². The summed E-state index contributed by atoms with van der Waals surface area (Å²) < 4.78 is 11.0. The monoisotopic (exact) mass is 314 g/mol. The normalized spacial score (nSPS) is 23.7. The SMILES string of the molecule is C1=COC(C2CCN(c3ccc(C4CCNCC4)cc3)CC2)O1. The molecule has 3 aliphatic rings. The molecule has 0 saturated carbocycles. The van der Waals surface area contributed by atoms with Gasteiger partial charge in [0.15, 0.2) is 0 Å². The third-order valence-corrected chi connectivity index (χ3v) is 5.47. The van der Waals surface area contributed by atoms with Gasteiger partial charge in [0.05, 0.1) is 0 Å². The summed E-state index contributed by atoms with van der Waals surface area (Å²) in [6, 6.07) is 9.29. The molecule has 0 radical (unpaired) electrons. The predicted octanol–water partition coefficient (Wildman–Crippen LogP) is 3.21. The van der Waals surface area contributed by atoms with Crippen LogP contribution in [0.5, 0.6) is 0 Å². The van der Waals surface area contributed by atoms with Gasteiger partial charge in [-0.05, 0) is 62.4 Å². The zero-order chi connectivity index (χ0) is 15.5. The van der Waals surface area contributed by atoms with Gasteiger partial charge >= 0.3 is 0 Å². The highest BCUT2D eigenvalue weighted by Crippen LogP contribution is 2.31. The first-order valence-corrected chi connectivity index (χ1v) is 8.92. The molecule has 0 aliphatic carbocycles. The van der Waals surface area contributed by atoms with Crippen molar-refractivity contribution in [2.24, 2.45) is 5.92 Å². The molecule has 4 heteroatoms. The Bertz CT molecular complexity index is 521. The zero-order valence-electron chi connectivity index (χ0n) is 13.6. The van der Waals surface area contributed by atoms with Crippen molar-refractivity contribution in [2.75, 3.05) is 31.1 Å². The topological polar surface area (TPSA) is 33.7 Å². The van der Waals surface area contributed by atoms with Crippen molar-refractivity contribution in [3.05, 3.63) is 42.4 Å². The Labute approximate surface area is 138 Å². The van der Waals surface area contributed by atoms with Crippen molar-refractivity contribution in [1.29, 1.82) is 0 Å². The van der Waals surface area contributed by atoms with Gasteiger partial charge in [-0.3, -0.25) is 0 Å². The second-order valence-corrected chi connectivity index (χ2v) is 6.85. The molecule has 2 saturated heterocycles. The van der Waals surface area contributed by atoms with Crippen molar-refractivity contribution in [1.82, 2.24) is 5.32 Å². The molecular weight excluding hydrogens is 288 g/mol. The van der Waals surface area contributed by atoms with E-state index in [4.69, 9.17) is 9.47 Å². The van der Waals surface area contributed by atoms with E-state index in [9.17, 15) is 0 Å². The zero-order valence-corrected chi connectivity index (χ0v) is 13.6. The van der Waals surface area contributed by atoms with Gasteiger partial charge in [-0.2, -0.15) is 0 Å². The van der Waals surface area contributed by atoms with Crippen LogP contribution in [0.4, 0.5) is 5.69 Å². The molecule has 3 aliphatic heterocycles. The van der Waals surface area contributed by atoms with Crippen molar-refractivity contribution in [2.45, 2.75) is 37.9 Å². The molecule has 0 atom stereocenters. The van der Waals surface area contributed by atoms with Crippen LogP contribution in [-0.4, -0.2) is 32.5 Å². The van der Waals surface area contributed by atoms with Gasteiger partial charge < -0.3 is 19.7 Å². The van der Waals surface area contributed by atoms with Gasteiger partial charge in [-0.15, -0.1) is 0 Å². The van der Waals surface area contributed by atoms with Crippen LogP contribution in [0.2, 0.25) is 0 Å². The number of rotatable bonds is 3. The predicted molar refractivity (Wildman–Crippen MR) is 91.3 cm³/mol. The summed E-state index contributed by atoms with van der Waals surface area (Å²) in [6.45, 7) is 4.47. The number of hydrogen-bond acceptors (Lipinski definition) is 4. The number of benzene rings is 1. The molecule has 0 amide bonds. The standard InChI is InChI=1S/C19H26N2O2/c1-3-18(4-2-15(1)16-5-9-20-10-6-16)21-11-7-17(8-12-21)19-22-13-14-23-19/h1-4,13-14,16-17,19-20H,5-12H2. The van der Waals surface area contributed by atoms with E-state index in [0.29, 0.717) is 5.92 Å². The number of piperidine rings is 2. The molecule has 0 unspecified atom stereocenters. The van der Waals surface area contributed by atoms with Gasteiger partial charge in [0.25, 0.3) is 0 Å². The minimum atomic E-state index is -0.0561. The number of nitrogens with one attached hydrogen (secondary N) is 1. The molecule has 4 rings (SSSR count). The molecule has 1 aromatic carbocycles. The lowest BCUT2D eigenvalue weighted by Crippen LogP contribution is -2.38. The summed E-state index contributed by atoms with van der Waals surface area (Å²) >= 11 is 0. The van der Waals surface area contributed by atoms with Crippen LogP contribution in [0.25, 0.3) is 0 Å². The minimum absolute atomic E-state index is 0.0561. The van der Waals surface area contributed by atoms with E-state index >= 15 is 0 Å². The van der Waals surface area contributed by atoms with E-state index in [1.807, 2.05) is 0 Å². The maximum absolute atomic E-state index is 5.49. The van der Waals surface area contributed by atoms with Crippen LogP contribution in [0.3, 0.4) is 0 Å². The second kappa shape index (κ2) is 6.83. The Morgan fingerprint density at radius 3 is 2.17 bits per heavy atom. The molecular formula is C19H26N2O2. The lowest BCUT2D eigenvalue weighted by atomic mass is 9.90. The average molecular weight is 314 g/mol. The van der Waals surface area contributed by atoms with E-state index in [2.05, 4.69) is 34.5 Å². The highest BCUT2D eigenvalue weighted by atomic mass is 16.7. The van der Waals surface area contributed by atoms with Crippen molar-refractivity contribution in [3.8, 4) is 0 Å². The average Bonchev–Trinajstić information content (AvgIpc) is 3.18. The first kappa shape index (κ1) is 14.9. The summed E-state index contributed by atoms with van der Waals surface area (Å²) in [7, 11) is 0. The maximum atomic E-state index is 5.49. The molecule has 2 fully saturated rings. The van der Waals surface area contributed by atoms with E-state index in [1.165, 1.54) is 24.1 Å². The van der Waals surface area contributed by atoms with E-state index in [-0.39, 0.29) is 6.29 Å². The number of ether oxygens (including phenoxy) is 2. The number of anilines is 1. The molecule has 23 heavy (non-hydrogen) atoms. The van der Waals surface area contributed by atoms with E-state index < -0.39 is 0 Å². The Hall–Kier alpha value is -1.68. The molecule has 0 aromatic heterocycles. The third-order valence-electron chi connectivity index (χ3n) is 5.47. The van der Waals surface area contributed by atoms with Crippen LogP contribution in [-0.2, 0) is 9.47 Å². The lowest BCUT2D eigenvalue weighted by molar-refractivity contribution is -0.0728. The van der Waals surface area contributed by atoms with Crippen LogP contribution in [0.1, 0.15) is 37.2 Å². The fraction of sp³-hybridized carbons (Fsp3) is 0.579. The molecule has 0 bridgehead atoms. The van der Waals surface area contributed by atoms with Gasteiger partial charge in [-0.1, -0.05) is 12.1 Å². The quantitative estimate of drug-likeness (QED) is 0.929. The Morgan fingerprint density at radius 2 is 1.52 bits per heavy atom. The largest absolute Gasteiger partial charge is 0.459 e. The van der Waals surface area contributed by atoms with Crippen LogP contribution in [0, 0.1) is 5.92 Å².